The van der Waals surface area contributed by atoms with Crippen molar-refractivity contribution in [2.45, 2.75) is 6.92 Å². The molecule has 1 aromatic heterocycles. The first-order valence-corrected chi connectivity index (χ1v) is 9.13. The second-order valence-electron chi connectivity index (χ2n) is 6.40. The van der Waals surface area contributed by atoms with Crippen LogP contribution in [-0.4, -0.2) is 9.55 Å². The van der Waals surface area contributed by atoms with Crippen LogP contribution in [0.2, 0.25) is 5.02 Å². The smallest absolute Gasteiger partial charge is 0.266 e. The molecule has 0 saturated heterocycles. The molecule has 0 N–H and O–H groups in total. The Morgan fingerprint density at radius 2 is 1.71 bits per heavy atom. The third kappa shape index (κ3) is 3.35. The van der Waals surface area contributed by atoms with Crippen LogP contribution in [0.15, 0.2) is 71.5 Å². The minimum absolute atomic E-state index is 0.172. The van der Waals surface area contributed by atoms with E-state index in [1.54, 1.807) is 53.1 Å². The van der Waals surface area contributed by atoms with Crippen molar-refractivity contribution in [1.82, 2.24) is 9.55 Å². The minimum atomic E-state index is -0.299. The molecule has 0 aliphatic heterocycles. The van der Waals surface area contributed by atoms with E-state index in [9.17, 15) is 9.18 Å². The number of aromatic nitrogens is 2. The summed E-state index contributed by atoms with van der Waals surface area (Å²) in [5, 5.41) is 1.10. The number of halogens is 2. The van der Waals surface area contributed by atoms with Gasteiger partial charge in [-0.15, -0.1) is 0 Å². The maximum Gasteiger partial charge on any atom is 0.266 e. The largest absolute Gasteiger partial charge is 0.268 e. The number of nitrogens with zero attached hydrogens (tertiary/aromatic N) is 2. The quantitative estimate of drug-likeness (QED) is 0.452. The van der Waals surface area contributed by atoms with Crippen LogP contribution in [0.5, 0.6) is 0 Å². The molecule has 1 heterocycles. The van der Waals surface area contributed by atoms with Gasteiger partial charge in [-0.3, -0.25) is 9.36 Å². The molecule has 4 aromatic rings. The zero-order valence-electron chi connectivity index (χ0n) is 15.1. The monoisotopic (exact) mass is 390 g/mol. The van der Waals surface area contributed by atoms with E-state index in [0.29, 0.717) is 27.4 Å². The molecule has 0 spiro atoms. The fraction of sp³-hybridized carbons (Fsp3) is 0.0435. The van der Waals surface area contributed by atoms with Crippen molar-refractivity contribution >= 4 is 34.7 Å². The van der Waals surface area contributed by atoms with Gasteiger partial charge in [-0.1, -0.05) is 48.0 Å². The third-order valence-corrected chi connectivity index (χ3v) is 4.99. The molecule has 0 atom stereocenters. The van der Waals surface area contributed by atoms with E-state index < -0.39 is 0 Å². The Hall–Kier alpha value is -3.24. The number of rotatable bonds is 3. The molecule has 3 nitrogen and oxygen atoms in total. The van der Waals surface area contributed by atoms with E-state index in [0.717, 1.165) is 11.1 Å². The minimum Gasteiger partial charge on any atom is -0.268 e. The lowest BCUT2D eigenvalue weighted by Gasteiger charge is -2.14. The average molecular weight is 391 g/mol. The van der Waals surface area contributed by atoms with Crippen molar-refractivity contribution in [2.75, 3.05) is 0 Å². The molecule has 0 amide bonds. The van der Waals surface area contributed by atoms with Crippen molar-refractivity contribution < 1.29 is 4.39 Å². The second-order valence-corrected chi connectivity index (χ2v) is 6.80. The summed E-state index contributed by atoms with van der Waals surface area (Å²) in [5.41, 5.74) is 2.71. The van der Waals surface area contributed by atoms with Gasteiger partial charge in [-0.2, -0.15) is 0 Å². The van der Waals surface area contributed by atoms with Gasteiger partial charge in [0.15, 0.2) is 0 Å². The fourth-order valence-corrected chi connectivity index (χ4v) is 3.25. The Morgan fingerprint density at radius 3 is 2.50 bits per heavy atom. The summed E-state index contributed by atoms with van der Waals surface area (Å²) in [6.45, 7) is 1.87. The molecule has 0 fully saturated rings. The molecule has 5 heteroatoms. The molecule has 0 unspecified atom stereocenters. The molecule has 4 rings (SSSR count). The topological polar surface area (TPSA) is 34.9 Å². The van der Waals surface area contributed by atoms with Crippen LogP contribution in [-0.2, 0) is 0 Å². The van der Waals surface area contributed by atoms with E-state index >= 15 is 0 Å². The molecular weight excluding hydrogens is 375 g/mol. The van der Waals surface area contributed by atoms with Crippen molar-refractivity contribution in [3.05, 3.63) is 105 Å². The van der Waals surface area contributed by atoms with Gasteiger partial charge in [0.25, 0.3) is 5.56 Å². The van der Waals surface area contributed by atoms with Crippen LogP contribution >= 0.6 is 11.6 Å². The fourth-order valence-electron chi connectivity index (χ4n) is 3.08. The Balaban J connectivity index is 1.97. The highest BCUT2D eigenvalue weighted by Crippen LogP contribution is 2.23. The first kappa shape index (κ1) is 18.1. The van der Waals surface area contributed by atoms with E-state index in [4.69, 9.17) is 11.6 Å². The zero-order valence-corrected chi connectivity index (χ0v) is 15.8. The molecule has 28 heavy (non-hydrogen) atoms. The van der Waals surface area contributed by atoms with E-state index in [2.05, 4.69) is 4.98 Å². The molecule has 0 aliphatic rings. The molecule has 0 saturated carbocycles. The SMILES string of the molecule is Cc1c(Cl)cccc1-n1c(C=Cc2ccc(F)cc2)nc2ccccc2c1=O. The van der Waals surface area contributed by atoms with Crippen molar-refractivity contribution in [2.24, 2.45) is 0 Å². The van der Waals surface area contributed by atoms with Crippen molar-refractivity contribution in [3.63, 3.8) is 0 Å². The number of hydrogen-bond acceptors (Lipinski definition) is 2. The summed E-state index contributed by atoms with van der Waals surface area (Å²) in [6, 6.07) is 18.8. The van der Waals surface area contributed by atoms with Crippen LogP contribution in [0.3, 0.4) is 0 Å². The maximum atomic E-state index is 13.3. The summed E-state index contributed by atoms with van der Waals surface area (Å²) in [4.78, 5) is 17.9. The molecular formula is C23H16ClFN2O. The standard InChI is InChI=1S/C23H16ClFN2O/c1-15-19(24)6-4-8-21(15)27-22(14-11-16-9-12-17(25)13-10-16)26-20-7-3-2-5-18(20)23(27)28/h2-14H,1H3. The second kappa shape index (κ2) is 7.41. The Morgan fingerprint density at radius 1 is 0.964 bits per heavy atom. The Kier molecular flexibility index (Phi) is 4.80. The van der Waals surface area contributed by atoms with E-state index in [-0.39, 0.29) is 11.4 Å². The van der Waals surface area contributed by atoms with Gasteiger partial charge in [-0.25, -0.2) is 9.37 Å². The molecule has 0 radical (unpaired) electrons. The highest BCUT2D eigenvalue weighted by Gasteiger charge is 2.13. The number of para-hydroxylation sites is 1. The van der Waals surface area contributed by atoms with Crippen LogP contribution in [0.4, 0.5) is 4.39 Å². The zero-order chi connectivity index (χ0) is 19.7. The lowest BCUT2D eigenvalue weighted by molar-refractivity contribution is 0.628. The first-order chi connectivity index (χ1) is 13.5. The van der Waals surface area contributed by atoms with Crippen molar-refractivity contribution in [3.8, 4) is 5.69 Å². The van der Waals surface area contributed by atoms with Crippen LogP contribution in [0.25, 0.3) is 28.7 Å². The van der Waals surface area contributed by atoms with Gasteiger partial charge >= 0.3 is 0 Å². The number of hydrogen-bond donors (Lipinski definition) is 0. The van der Waals surface area contributed by atoms with Crippen molar-refractivity contribution in [1.29, 1.82) is 0 Å². The highest BCUT2D eigenvalue weighted by molar-refractivity contribution is 6.31. The summed E-state index contributed by atoms with van der Waals surface area (Å²) in [6.07, 6.45) is 3.55. The van der Waals surface area contributed by atoms with Gasteiger partial charge < -0.3 is 0 Å². The van der Waals surface area contributed by atoms with Crippen LogP contribution < -0.4 is 5.56 Å². The summed E-state index contributed by atoms with van der Waals surface area (Å²) in [5.74, 6) is 0.172. The van der Waals surface area contributed by atoms with Gasteiger partial charge in [-0.05, 0) is 60.5 Å². The Labute approximate surface area is 166 Å². The summed E-state index contributed by atoms with van der Waals surface area (Å²) in [7, 11) is 0. The highest BCUT2D eigenvalue weighted by atomic mass is 35.5. The van der Waals surface area contributed by atoms with Gasteiger partial charge in [0.05, 0.1) is 16.6 Å². The van der Waals surface area contributed by atoms with Gasteiger partial charge in [0, 0.05) is 5.02 Å². The predicted octanol–water partition coefficient (Wildman–Crippen LogP) is 5.66. The lowest BCUT2D eigenvalue weighted by Crippen LogP contribution is -2.23. The lowest BCUT2D eigenvalue weighted by atomic mass is 10.1. The average Bonchev–Trinajstić information content (AvgIpc) is 2.70. The molecule has 138 valence electrons. The Bertz CT molecular complexity index is 1260. The van der Waals surface area contributed by atoms with Gasteiger partial charge in [0.2, 0.25) is 0 Å². The molecule has 0 aliphatic carbocycles. The number of fused-ring (bicyclic) bond motifs is 1. The van der Waals surface area contributed by atoms with E-state index in [1.807, 2.05) is 25.1 Å². The maximum absolute atomic E-state index is 13.3. The third-order valence-electron chi connectivity index (χ3n) is 4.58. The van der Waals surface area contributed by atoms with Crippen LogP contribution in [0.1, 0.15) is 17.0 Å². The first-order valence-electron chi connectivity index (χ1n) is 8.75. The molecule has 0 bridgehead atoms. The summed E-state index contributed by atoms with van der Waals surface area (Å²) >= 11 is 6.29. The van der Waals surface area contributed by atoms with Crippen LogP contribution in [0, 0.1) is 12.7 Å². The van der Waals surface area contributed by atoms with E-state index in [1.165, 1.54) is 12.1 Å². The predicted molar refractivity (Wildman–Crippen MR) is 112 cm³/mol. The molecule has 3 aromatic carbocycles. The summed E-state index contributed by atoms with van der Waals surface area (Å²) < 4.78 is 14.7. The normalized spacial score (nSPS) is 11.4. The van der Waals surface area contributed by atoms with Gasteiger partial charge in [0.1, 0.15) is 11.6 Å². The number of benzene rings is 3.